The Morgan fingerprint density at radius 1 is 1.22 bits per heavy atom. The van der Waals surface area contributed by atoms with Gasteiger partial charge in [-0.2, -0.15) is 0 Å². The SMILES string of the molecule is Cc1ccc(C)c(S(=O)(=O)NCCCN2CC(C)OC(C)C2)c1. The van der Waals surface area contributed by atoms with Gasteiger partial charge in [-0.05, 0) is 57.9 Å². The van der Waals surface area contributed by atoms with Crippen LogP contribution in [0.2, 0.25) is 0 Å². The van der Waals surface area contributed by atoms with Crippen LogP contribution in [-0.4, -0.2) is 51.7 Å². The minimum atomic E-state index is -3.43. The molecule has 1 heterocycles. The first-order valence-corrected chi connectivity index (χ1v) is 9.71. The number of hydrogen-bond donors (Lipinski definition) is 1. The van der Waals surface area contributed by atoms with E-state index < -0.39 is 10.0 Å². The van der Waals surface area contributed by atoms with Crippen molar-refractivity contribution < 1.29 is 13.2 Å². The van der Waals surface area contributed by atoms with E-state index in [0.717, 1.165) is 37.2 Å². The van der Waals surface area contributed by atoms with Crippen LogP contribution in [0.4, 0.5) is 0 Å². The van der Waals surface area contributed by atoms with Crippen molar-refractivity contribution >= 4 is 10.0 Å². The molecule has 2 atom stereocenters. The minimum Gasteiger partial charge on any atom is -0.373 e. The molecule has 1 saturated heterocycles. The van der Waals surface area contributed by atoms with Crippen LogP contribution >= 0.6 is 0 Å². The number of hydrogen-bond acceptors (Lipinski definition) is 4. The summed E-state index contributed by atoms with van der Waals surface area (Å²) in [7, 11) is -3.43. The summed E-state index contributed by atoms with van der Waals surface area (Å²) in [5, 5.41) is 0. The standard InChI is InChI=1S/C17H28N2O3S/c1-13-6-7-14(2)17(10-13)23(20,21)18-8-5-9-19-11-15(3)22-16(4)12-19/h6-7,10,15-16,18H,5,8-9,11-12H2,1-4H3. The van der Waals surface area contributed by atoms with Gasteiger partial charge in [-0.25, -0.2) is 13.1 Å². The van der Waals surface area contributed by atoms with E-state index in [9.17, 15) is 8.42 Å². The maximum absolute atomic E-state index is 12.4. The van der Waals surface area contributed by atoms with Crippen molar-refractivity contribution in [1.29, 1.82) is 0 Å². The fraction of sp³-hybridized carbons (Fsp3) is 0.647. The number of ether oxygens (including phenoxy) is 1. The number of nitrogens with zero attached hydrogens (tertiary/aromatic N) is 1. The molecule has 1 aliphatic rings. The first-order chi connectivity index (χ1) is 10.8. The lowest BCUT2D eigenvalue weighted by Gasteiger charge is -2.35. The highest BCUT2D eigenvalue weighted by Gasteiger charge is 2.22. The molecular formula is C17H28N2O3S. The second-order valence-corrected chi connectivity index (χ2v) is 8.27. The summed E-state index contributed by atoms with van der Waals surface area (Å²) >= 11 is 0. The highest BCUT2D eigenvalue weighted by molar-refractivity contribution is 7.89. The van der Waals surface area contributed by atoms with Crippen LogP contribution in [0, 0.1) is 13.8 Å². The van der Waals surface area contributed by atoms with E-state index in [4.69, 9.17) is 4.74 Å². The van der Waals surface area contributed by atoms with Crippen molar-refractivity contribution in [1.82, 2.24) is 9.62 Å². The lowest BCUT2D eigenvalue weighted by atomic mass is 10.2. The third kappa shape index (κ3) is 5.28. The van der Waals surface area contributed by atoms with E-state index in [1.165, 1.54) is 0 Å². The van der Waals surface area contributed by atoms with Crippen molar-refractivity contribution in [2.75, 3.05) is 26.2 Å². The van der Waals surface area contributed by atoms with Gasteiger partial charge >= 0.3 is 0 Å². The first-order valence-electron chi connectivity index (χ1n) is 8.22. The number of rotatable bonds is 6. The van der Waals surface area contributed by atoms with Gasteiger partial charge in [-0.3, -0.25) is 4.90 Å². The maximum Gasteiger partial charge on any atom is 0.240 e. The van der Waals surface area contributed by atoms with Crippen molar-refractivity contribution in [2.45, 2.75) is 51.2 Å². The van der Waals surface area contributed by atoms with E-state index in [1.54, 1.807) is 6.07 Å². The van der Waals surface area contributed by atoms with Gasteiger partial charge in [0.1, 0.15) is 0 Å². The molecule has 1 fully saturated rings. The maximum atomic E-state index is 12.4. The Hall–Kier alpha value is -0.950. The van der Waals surface area contributed by atoms with E-state index >= 15 is 0 Å². The fourth-order valence-electron chi connectivity index (χ4n) is 3.05. The Morgan fingerprint density at radius 3 is 2.52 bits per heavy atom. The second-order valence-electron chi connectivity index (χ2n) is 6.54. The lowest BCUT2D eigenvalue weighted by Crippen LogP contribution is -2.46. The highest BCUT2D eigenvalue weighted by Crippen LogP contribution is 2.16. The molecule has 0 amide bonds. The third-order valence-electron chi connectivity index (χ3n) is 4.07. The average Bonchev–Trinajstić information content (AvgIpc) is 2.45. The molecule has 2 rings (SSSR count). The smallest absolute Gasteiger partial charge is 0.240 e. The summed E-state index contributed by atoms with van der Waals surface area (Å²) in [6.45, 7) is 11.0. The summed E-state index contributed by atoms with van der Waals surface area (Å²) in [6, 6.07) is 5.50. The molecule has 0 aliphatic carbocycles. The third-order valence-corrected chi connectivity index (χ3v) is 5.67. The van der Waals surface area contributed by atoms with Crippen LogP contribution in [-0.2, 0) is 14.8 Å². The van der Waals surface area contributed by atoms with E-state index in [2.05, 4.69) is 23.5 Å². The number of benzene rings is 1. The molecule has 23 heavy (non-hydrogen) atoms. The van der Waals surface area contributed by atoms with Gasteiger partial charge in [0.25, 0.3) is 0 Å². The molecule has 1 aliphatic heterocycles. The molecule has 0 aromatic heterocycles. The molecule has 0 bridgehead atoms. The van der Waals surface area contributed by atoms with Gasteiger partial charge in [-0.1, -0.05) is 12.1 Å². The average molecular weight is 340 g/mol. The normalized spacial score (nSPS) is 23.1. The van der Waals surface area contributed by atoms with Gasteiger partial charge in [0.2, 0.25) is 10.0 Å². The molecule has 130 valence electrons. The molecule has 1 aromatic carbocycles. The van der Waals surface area contributed by atoms with Gasteiger partial charge in [0.05, 0.1) is 17.1 Å². The van der Waals surface area contributed by atoms with Crippen molar-refractivity contribution in [3.05, 3.63) is 29.3 Å². The monoisotopic (exact) mass is 340 g/mol. The lowest BCUT2D eigenvalue weighted by molar-refractivity contribution is -0.0679. The molecule has 0 spiro atoms. The predicted molar refractivity (Wildman–Crippen MR) is 92.2 cm³/mol. The molecule has 1 aromatic rings. The predicted octanol–water partition coefficient (Wildman–Crippen LogP) is 2.08. The Morgan fingerprint density at radius 2 is 1.87 bits per heavy atom. The summed E-state index contributed by atoms with van der Waals surface area (Å²) < 4.78 is 33.3. The quantitative estimate of drug-likeness (QED) is 0.806. The highest BCUT2D eigenvalue weighted by atomic mass is 32.2. The Balaban J connectivity index is 1.84. The van der Waals surface area contributed by atoms with Crippen LogP contribution in [0.3, 0.4) is 0 Å². The van der Waals surface area contributed by atoms with Gasteiger partial charge in [0.15, 0.2) is 0 Å². The molecule has 1 N–H and O–H groups in total. The molecule has 0 saturated carbocycles. The van der Waals surface area contributed by atoms with Crippen LogP contribution < -0.4 is 4.72 Å². The number of aryl methyl sites for hydroxylation is 2. The summed E-state index contributed by atoms with van der Waals surface area (Å²) in [6.07, 6.45) is 1.28. The zero-order valence-electron chi connectivity index (χ0n) is 14.5. The molecule has 5 nitrogen and oxygen atoms in total. The summed E-state index contributed by atoms with van der Waals surface area (Å²) in [5.74, 6) is 0. The van der Waals surface area contributed by atoms with Crippen molar-refractivity contribution in [2.24, 2.45) is 0 Å². The zero-order valence-corrected chi connectivity index (χ0v) is 15.3. The fourth-order valence-corrected chi connectivity index (χ4v) is 4.45. The van der Waals surface area contributed by atoms with Gasteiger partial charge < -0.3 is 4.74 Å². The number of morpholine rings is 1. The summed E-state index contributed by atoms with van der Waals surface area (Å²) in [4.78, 5) is 2.72. The largest absolute Gasteiger partial charge is 0.373 e. The summed E-state index contributed by atoms with van der Waals surface area (Å²) in [5.41, 5.74) is 1.73. The van der Waals surface area contributed by atoms with Crippen LogP contribution in [0.5, 0.6) is 0 Å². The van der Waals surface area contributed by atoms with E-state index in [-0.39, 0.29) is 12.2 Å². The zero-order chi connectivity index (χ0) is 17.0. The second kappa shape index (κ2) is 7.75. The minimum absolute atomic E-state index is 0.241. The Kier molecular flexibility index (Phi) is 6.19. The number of sulfonamides is 1. The van der Waals surface area contributed by atoms with Gasteiger partial charge in [0, 0.05) is 19.6 Å². The van der Waals surface area contributed by atoms with E-state index in [1.807, 2.05) is 26.0 Å². The topological polar surface area (TPSA) is 58.6 Å². The van der Waals surface area contributed by atoms with Crippen LogP contribution in [0.25, 0.3) is 0 Å². The van der Waals surface area contributed by atoms with Crippen LogP contribution in [0.1, 0.15) is 31.4 Å². The Labute approximate surface area is 140 Å². The van der Waals surface area contributed by atoms with Crippen molar-refractivity contribution in [3.63, 3.8) is 0 Å². The van der Waals surface area contributed by atoms with Gasteiger partial charge in [-0.15, -0.1) is 0 Å². The molecular weight excluding hydrogens is 312 g/mol. The first kappa shape index (κ1) is 18.4. The van der Waals surface area contributed by atoms with E-state index in [0.29, 0.717) is 11.4 Å². The van der Waals surface area contributed by atoms with Crippen molar-refractivity contribution in [3.8, 4) is 0 Å². The molecule has 0 radical (unpaired) electrons. The molecule has 2 unspecified atom stereocenters. The number of nitrogens with one attached hydrogen (secondary N) is 1. The Bertz CT molecular complexity index is 621. The molecule has 6 heteroatoms. The van der Waals surface area contributed by atoms with Crippen LogP contribution in [0.15, 0.2) is 23.1 Å².